The average molecular weight is 219 g/mol. The van der Waals surface area contributed by atoms with E-state index in [4.69, 9.17) is 9.52 Å². The van der Waals surface area contributed by atoms with Gasteiger partial charge in [-0.05, 0) is 19.1 Å². The molecule has 0 fully saturated rings. The molecule has 0 atom stereocenters. The Balaban J connectivity index is 2.52. The highest BCUT2D eigenvalue weighted by atomic mass is 16.4. The third-order valence-corrected chi connectivity index (χ3v) is 2.09. The van der Waals surface area contributed by atoms with Crippen LogP contribution in [-0.2, 0) is 0 Å². The summed E-state index contributed by atoms with van der Waals surface area (Å²) >= 11 is 0. The van der Waals surface area contributed by atoms with Crippen molar-refractivity contribution in [1.29, 1.82) is 0 Å². The standard InChI is InChI=1S/C11H9NO4/c1-6-9(16-10(12-6)11(14)15)7-3-2-4-8(13)5-7/h2-5,13H,1H3,(H,14,15). The largest absolute Gasteiger partial charge is 0.508 e. The number of aryl methyl sites for hydroxylation is 1. The smallest absolute Gasteiger partial charge is 0.392 e. The van der Waals surface area contributed by atoms with Gasteiger partial charge in [-0.25, -0.2) is 9.78 Å². The number of aromatic hydroxyl groups is 1. The van der Waals surface area contributed by atoms with E-state index in [2.05, 4.69) is 4.98 Å². The van der Waals surface area contributed by atoms with Crippen LogP contribution in [0.3, 0.4) is 0 Å². The molecule has 2 rings (SSSR count). The lowest BCUT2D eigenvalue weighted by molar-refractivity contribution is 0.0654. The first kappa shape index (κ1) is 10.2. The Morgan fingerprint density at radius 2 is 2.19 bits per heavy atom. The summed E-state index contributed by atoms with van der Waals surface area (Å²) in [6.45, 7) is 1.65. The number of carboxylic acids is 1. The van der Waals surface area contributed by atoms with Crippen LogP contribution in [0.15, 0.2) is 28.7 Å². The van der Waals surface area contributed by atoms with Gasteiger partial charge in [0, 0.05) is 5.56 Å². The first-order chi connectivity index (χ1) is 7.58. The molecule has 0 unspecified atom stereocenters. The molecule has 0 aliphatic carbocycles. The number of hydrogen-bond donors (Lipinski definition) is 2. The number of phenols is 1. The first-order valence-corrected chi connectivity index (χ1v) is 4.58. The second kappa shape index (κ2) is 3.69. The van der Waals surface area contributed by atoms with Crippen molar-refractivity contribution in [2.75, 3.05) is 0 Å². The molecule has 0 amide bonds. The number of carboxylic acid groups (broad SMARTS) is 1. The molecule has 0 bridgehead atoms. The van der Waals surface area contributed by atoms with E-state index in [1.165, 1.54) is 12.1 Å². The van der Waals surface area contributed by atoms with E-state index in [1.807, 2.05) is 0 Å². The molecular formula is C11H9NO4. The van der Waals surface area contributed by atoms with Crippen LogP contribution in [0.4, 0.5) is 0 Å². The van der Waals surface area contributed by atoms with Crippen LogP contribution < -0.4 is 0 Å². The van der Waals surface area contributed by atoms with Crippen LogP contribution >= 0.6 is 0 Å². The van der Waals surface area contributed by atoms with E-state index in [9.17, 15) is 9.90 Å². The summed E-state index contributed by atoms with van der Waals surface area (Å²) < 4.78 is 5.10. The van der Waals surface area contributed by atoms with Gasteiger partial charge in [-0.1, -0.05) is 12.1 Å². The molecule has 0 radical (unpaired) electrons. The highest BCUT2D eigenvalue weighted by Gasteiger charge is 2.16. The van der Waals surface area contributed by atoms with Crippen LogP contribution in [0.25, 0.3) is 11.3 Å². The van der Waals surface area contributed by atoms with Gasteiger partial charge in [-0.3, -0.25) is 0 Å². The minimum atomic E-state index is -1.21. The minimum absolute atomic E-state index is 0.0881. The summed E-state index contributed by atoms with van der Waals surface area (Å²) in [7, 11) is 0. The lowest BCUT2D eigenvalue weighted by Crippen LogP contribution is -1.95. The number of nitrogens with zero attached hydrogens (tertiary/aromatic N) is 1. The topological polar surface area (TPSA) is 83.6 Å². The minimum Gasteiger partial charge on any atom is -0.508 e. The molecule has 0 saturated carbocycles. The maximum Gasteiger partial charge on any atom is 0.392 e. The van der Waals surface area contributed by atoms with Crippen molar-refractivity contribution in [3.05, 3.63) is 35.9 Å². The Morgan fingerprint density at radius 3 is 2.75 bits per heavy atom. The lowest BCUT2D eigenvalue weighted by Gasteiger charge is -1.97. The highest BCUT2D eigenvalue weighted by Crippen LogP contribution is 2.26. The van der Waals surface area contributed by atoms with E-state index >= 15 is 0 Å². The molecule has 5 heteroatoms. The van der Waals surface area contributed by atoms with Gasteiger partial charge >= 0.3 is 11.9 Å². The Kier molecular flexibility index (Phi) is 2.36. The highest BCUT2D eigenvalue weighted by molar-refractivity contribution is 5.83. The summed E-state index contributed by atoms with van der Waals surface area (Å²) in [6.07, 6.45) is 0. The molecule has 1 aromatic heterocycles. The van der Waals surface area contributed by atoms with Crippen LogP contribution in [0.2, 0.25) is 0 Å². The predicted octanol–water partition coefficient (Wildman–Crippen LogP) is 2.05. The fourth-order valence-electron chi connectivity index (χ4n) is 1.40. The number of rotatable bonds is 2. The third-order valence-electron chi connectivity index (χ3n) is 2.09. The summed E-state index contributed by atoms with van der Waals surface area (Å²) in [5.41, 5.74) is 1.07. The lowest BCUT2D eigenvalue weighted by atomic mass is 10.1. The van der Waals surface area contributed by atoms with Crippen molar-refractivity contribution in [2.24, 2.45) is 0 Å². The Morgan fingerprint density at radius 1 is 1.44 bits per heavy atom. The molecule has 16 heavy (non-hydrogen) atoms. The second-order valence-electron chi connectivity index (χ2n) is 3.29. The van der Waals surface area contributed by atoms with E-state index in [1.54, 1.807) is 19.1 Å². The van der Waals surface area contributed by atoms with Gasteiger partial charge in [0.05, 0.1) is 5.69 Å². The van der Waals surface area contributed by atoms with Gasteiger partial charge in [-0.15, -0.1) is 0 Å². The molecule has 0 aliphatic rings. The number of oxazole rings is 1. The average Bonchev–Trinajstić information content (AvgIpc) is 2.60. The summed E-state index contributed by atoms with van der Waals surface area (Å²) in [5, 5.41) is 18.0. The molecule has 0 saturated heterocycles. The fraction of sp³-hybridized carbons (Fsp3) is 0.0909. The maximum atomic E-state index is 10.7. The van der Waals surface area contributed by atoms with Crippen LogP contribution in [0, 0.1) is 6.92 Å². The Labute approximate surface area is 91.0 Å². The van der Waals surface area contributed by atoms with Crippen molar-refractivity contribution in [3.8, 4) is 17.1 Å². The third kappa shape index (κ3) is 1.75. The van der Waals surface area contributed by atoms with Gasteiger partial charge < -0.3 is 14.6 Å². The van der Waals surface area contributed by atoms with Crippen LogP contribution in [-0.4, -0.2) is 21.2 Å². The molecule has 82 valence electrons. The molecule has 2 N–H and O–H groups in total. The zero-order valence-corrected chi connectivity index (χ0v) is 8.47. The zero-order valence-electron chi connectivity index (χ0n) is 8.47. The van der Waals surface area contributed by atoms with Gasteiger partial charge in [0.15, 0.2) is 5.76 Å². The van der Waals surface area contributed by atoms with Gasteiger partial charge in [-0.2, -0.15) is 0 Å². The quantitative estimate of drug-likeness (QED) is 0.807. The number of hydrogen-bond acceptors (Lipinski definition) is 4. The molecule has 2 aromatic rings. The van der Waals surface area contributed by atoms with E-state index < -0.39 is 5.97 Å². The van der Waals surface area contributed by atoms with Crippen molar-refractivity contribution in [2.45, 2.75) is 6.92 Å². The monoisotopic (exact) mass is 219 g/mol. The Hall–Kier alpha value is -2.30. The van der Waals surface area contributed by atoms with Crippen molar-refractivity contribution in [1.82, 2.24) is 4.98 Å². The van der Waals surface area contributed by atoms with Crippen molar-refractivity contribution in [3.63, 3.8) is 0 Å². The first-order valence-electron chi connectivity index (χ1n) is 4.58. The predicted molar refractivity (Wildman–Crippen MR) is 55.3 cm³/mol. The maximum absolute atomic E-state index is 10.7. The van der Waals surface area contributed by atoms with E-state index in [-0.39, 0.29) is 11.6 Å². The number of carbonyl (C=O) groups is 1. The summed E-state index contributed by atoms with van der Waals surface area (Å²) in [6, 6.07) is 6.36. The second-order valence-corrected chi connectivity index (χ2v) is 3.29. The molecule has 0 spiro atoms. The summed E-state index contributed by atoms with van der Waals surface area (Å²) in [5.74, 6) is -1.12. The number of aromatic nitrogens is 1. The van der Waals surface area contributed by atoms with Crippen LogP contribution in [0.1, 0.15) is 16.4 Å². The normalized spacial score (nSPS) is 10.3. The summed E-state index contributed by atoms with van der Waals surface area (Å²) in [4.78, 5) is 14.4. The van der Waals surface area contributed by atoms with Crippen molar-refractivity contribution < 1.29 is 19.4 Å². The number of phenolic OH excluding ortho intramolecular Hbond substituents is 1. The fourth-order valence-corrected chi connectivity index (χ4v) is 1.40. The molecule has 1 aromatic carbocycles. The number of benzene rings is 1. The SMILES string of the molecule is Cc1nc(C(=O)O)oc1-c1cccc(O)c1. The van der Waals surface area contributed by atoms with Crippen molar-refractivity contribution >= 4 is 5.97 Å². The van der Waals surface area contributed by atoms with Gasteiger partial charge in [0.1, 0.15) is 5.75 Å². The van der Waals surface area contributed by atoms with E-state index in [0.29, 0.717) is 17.0 Å². The molecule has 0 aliphatic heterocycles. The number of aromatic carboxylic acids is 1. The molecule has 5 nitrogen and oxygen atoms in total. The molecular weight excluding hydrogens is 210 g/mol. The molecule has 1 heterocycles. The van der Waals surface area contributed by atoms with Gasteiger partial charge in [0.25, 0.3) is 0 Å². The van der Waals surface area contributed by atoms with Gasteiger partial charge in [0.2, 0.25) is 0 Å². The zero-order chi connectivity index (χ0) is 11.7. The van der Waals surface area contributed by atoms with Crippen LogP contribution in [0.5, 0.6) is 5.75 Å². The van der Waals surface area contributed by atoms with E-state index in [0.717, 1.165) is 0 Å². The Bertz CT molecular complexity index is 545.